The van der Waals surface area contributed by atoms with Crippen LogP contribution in [0.4, 0.5) is 0 Å². The molecule has 1 spiro atoms. The fourth-order valence-electron chi connectivity index (χ4n) is 2.61. The Balaban J connectivity index is 1.95. The molecule has 2 fully saturated rings. The van der Waals surface area contributed by atoms with E-state index in [1.165, 1.54) is 25.9 Å². The lowest BCUT2D eigenvalue weighted by Crippen LogP contribution is -2.58. The molecule has 76 valence electrons. The van der Waals surface area contributed by atoms with Crippen LogP contribution in [0.15, 0.2) is 0 Å². The fraction of sp³-hybridized carbons (Fsp3) is 1.00. The Labute approximate surface area is 81.3 Å². The standard InChI is InChI=1S/C11H21NO/c1-9(2)12-6-4-11(5-7-13-11)10(3)8-12/h9-10H,4-8H2,1-3H3/t10-,11?/m1/s1. The van der Waals surface area contributed by atoms with Crippen LogP contribution in [0.5, 0.6) is 0 Å². The summed E-state index contributed by atoms with van der Waals surface area (Å²) in [5.41, 5.74) is 0.283. The maximum atomic E-state index is 5.77. The highest BCUT2D eigenvalue weighted by Gasteiger charge is 2.46. The minimum absolute atomic E-state index is 0.283. The van der Waals surface area contributed by atoms with Crippen molar-refractivity contribution < 1.29 is 4.74 Å². The van der Waals surface area contributed by atoms with Gasteiger partial charge in [-0.25, -0.2) is 0 Å². The molecule has 2 rings (SSSR count). The van der Waals surface area contributed by atoms with E-state index in [9.17, 15) is 0 Å². The second kappa shape index (κ2) is 3.25. The Morgan fingerprint density at radius 3 is 2.46 bits per heavy atom. The third kappa shape index (κ3) is 1.50. The molecular weight excluding hydrogens is 162 g/mol. The number of ether oxygens (including phenoxy) is 1. The van der Waals surface area contributed by atoms with Gasteiger partial charge in [0, 0.05) is 25.6 Å². The number of likely N-dealkylation sites (tertiary alicyclic amines) is 1. The monoisotopic (exact) mass is 183 g/mol. The summed E-state index contributed by atoms with van der Waals surface area (Å²) in [6.45, 7) is 10.3. The van der Waals surface area contributed by atoms with Gasteiger partial charge in [-0.15, -0.1) is 0 Å². The molecule has 0 amide bonds. The summed E-state index contributed by atoms with van der Waals surface area (Å²) < 4.78 is 5.77. The summed E-state index contributed by atoms with van der Waals surface area (Å²) in [5.74, 6) is 0.720. The van der Waals surface area contributed by atoms with E-state index in [2.05, 4.69) is 25.7 Å². The predicted octanol–water partition coefficient (Wildman–Crippen LogP) is 1.90. The van der Waals surface area contributed by atoms with E-state index >= 15 is 0 Å². The number of hydrogen-bond acceptors (Lipinski definition) is 2. The van der Waals surface area contributed by atoms with Gasteiger partial charge in [-0.2, -0.15) is 0 Å². The van der Waals surface area contributed by atoms with E-state index in [0.29, 0.717) is 6.04 Å². The van der Waals surface area contributed by atoms with Gasteiger partial charge in [-0.1, -0.05) is 6.92 Å². The Hall–Kier alpha value is -0.0800. The van der Waals surface area contributed by atoms with Crippen molar-refractivity contribution in [2.45, 2.75) is 45.3 Å². The first kappa shape index (κ1) is 9.47. The van der Waals surface area contributed by atoms with Gasteiger partial charge in [-0.3, -0.25) is 0 Å². The second-order valence-corrected chi connectivity index (χ2v) is 4.90. The Kier molecular flexibility index (Phi) is 2.37. The maximum absolute atomic E-state index is 5.77. The zero-order chi connectivity index (χ0) is 9.47. The van der Waals surface area contributed by atoms with E-state index in [1.807, 2.05) is 0 Å². The normalized spacial score (nSPS) is 41.1. The molecular formula is C11H21NO. The molecule has 0 N–H and O–H groups in total. The largest absolute Gasteiger partial charge is 0.374 e. The van der Waals surface area contributed by atoms with Gasteiger partial charge in [0.15, 0.2) is 0 Å². The molecule has 0 aliphatic carbocycles. The van der Waals surface area contributed by atoms with Crippen LogP contribution in [0.1, 0.15) is 33.6 Å². The summed E-state index contributed by atoms with van der Waals surface area (Å²) in [6, 6.07) is 0.694. The van der Waals surface area contributed by atoms with Gasteiger partial charge < -0.3 is 9.64 Å². The molecule has 2 heteroatoms. The summed E-state index contributed by atoms with van der Waals surface area (Å²) >= 11 is 0. The maximum Gasteiger partial charge on any atom is 0.0754 e. The summed E-state index contributed by atoms with van der Waals surface area (Å²) in [7, 11) is 0. The molecule has 2 heterocycles. The number of nitrogens with zero attached hydrogens (tertiary/aromatic N) is 1. The molecule has 0 bridgehead atoms. The van der Waals surface area contributed by atoms with Gasteiger partial charge >= 0.3 is 0 Å². The van der Waals surface area contributed by atoms with Gasteiger partial charge in [-0.05, 0) is 26.2 Å². The minimum Gasteiger partial charge on any atom is -0.374 e. The molecule has 2 saturated heterocycles. The van der Waals surface area contributed by atoms with Crippen LogP contribution in [0.25, 0.3) is 0 Å². The van der Waals surface area contributed by atoms with Crippen LogP contribution in [-0.4, -0.2) is 36.2 Å². The zero-order valence-corrected chi connectivity index (χ0v) is 9.05. The van der Waals surface area contributed by atoms with Crippen molar-refractivity contribution in [3.8, 4) is 0 Å². The molecule has 0 aromatic carbocycles. The number of hydrogen-bond donors (Lipinski definition) is 0. The van der Waals surface area contributed by atoms with Crippen LogP contribution in [0, 0.1) is 5.92 Å². The van der Waals surface area contributed by atoms with E-state index in [1.54, 1.807) is 0 Å². The Morgan fingerprint density at radius 1 is 1.38 bits per heavy atom. The van der Waals surface area contributed by atoms with Crippen LogP contribution in [0.2, 0.25) is 0 Å². The summed E-state index contributed by atoms with van der Waals surface area (Å²) in [5, 5.41) is 0. The molecule has 1 unspecified atom stereocenters. The molecule has 0 radical (unpaired) electrons. The smallest absolute Gasteiger partial charge is 0.0754 e. The van der Waals surface area contributed by atoms with Crippen molar-refractivity contribution in [2.24, 2.45) is 5.92 Å². The Morgan fingerprint density at radius 2 is 2.08 bits per heavy atom. The van der Waals surface area contributed by atoms with Gasteiger partial charge in [0.2, 0.25) is 0 Å². The van der Waals surface area contributed by atoms with Gasteiger partial charge in [0.1, 0.15) is 0 Å². The highest BCUT2D eigenvalue weighted by molar-refractivity contribution is 4.97. The average Bonchev–Trinajstić information content (AvgIpc) is 2.01. The molecule has 0 aromatic rings. The highest BCUT2D eigenvalue weighted by atomic mass is 16.5. The van der Waals surface area contributed by atoms with E-state index in [4.69, 9.17) is 4.74 Å². The van der Waals surface area contributed by atoms with Crippen LogP contribution >= 0.6 is 0 Å². The van der Waals surface area contributed by atoms with Crippen molar-refractivity contribution in [3.63, 3.8) is 0 Å². The Bertz CT molecular complexity index is 187. The topological polar surface area (TPSA) is 12.5 Å². The second-order valence-electron chi connectivity index (χ2n) is 4.90. The number of rotatable bonds is 1. The summed E-state index contributed by atoms with van der Waals surface area (Å²) in [6.07, 6.45) is 2.53. The van der Waals surface area contributed by atoms with Gasteiger partial charge in [0.05, 0.1) is 12.2 Å². The van der Waals surface area contributed by atoms with Crippen LogP contribution < -0.4 is 0 Å². The van der Waals surface area contributed by atoms with E-state index in [-0.39, 0.29) is 5.60 Å². The molecule has 2 aliphatic heterocycles. The SMILES string of the molecule is CC(C)N1CCC2(CCO2)[C@H](C)C1. The third-order valence-electron chi connectivity index (χ3n) is 3.87. The minimum atomic E-state index is 0.283. The summed E-state index contributed by atoms with van der Waals surface area (Å²) in [4.78, 5) is 2.57. The predicted molar refractivity (Wildman–Crippen MR) is 53.8 cm³/mol. The molecule has 2 aliphatic rings. The van der Waals surface area contributed by atoms with Crippen molar-refractivity contribution in [1.29, 1.82) is 0 Å². The van der Waals surface area contributed by atoms with Crippen molar-refractivity contribution >= 4 is 0 Å². The molecule has 0 aromatic heterocycles. The quantitative estimate of drug-likeness (QED) is 0.615. The molecule has 13 heavy (non-hydrogen) atoms. The van der Waals surface area contributed by atoms with Gasteiger partial charge in [0.25, 0.3) is 0 Å². The molecule has 2 nitrogen and oxygen atoms in total. The first-order valence-corrected chi connectivity index (χ1v) is 5.52. The molecule has 0 saturated carbocycles. The first-order chi connectivity index (χ1) is 6.14. The average molecular weight is 183 g/mol. The fourth-order valence-corrected chi connectivity index (χ4v) is 2.61. The zero-order valence-electron chi connectivity index (χ0n) is 9.05. The van der Waals surface area contributed by atoms with Crippen LogP contribution in [0.3, 0.4) is 0 Å². The van der Waals surface area contributed by atoms with Crippen molar-refractivity contribution in [3.05, 3.63) is 0 Å². The third-order valence-corrected chi connectivity index (χ3v) is 3.87. The lowest BCUT2D eigenvalue weighted by Gasteiger charge is -2.52. The molecule has 2 atom stereocenters. The number of piperidine rings is 1. The lowest BCUT2D eigenvalue weighted by molar-refractivity contribution is -0.203. The van der Waals surface area contributed by atoms with E-state index < -0.39 is 0 Å². The van der Waals surface area contributed by atoms with Crippen LogP contribution in [-0.2, 0) is 4.74 Å². The van der Waals surface area contributed by atoms with Crippen molar-refractivity contribution in [1.82, 2.24) is 4.90 Å². The highest BCUT2D eigenvalue weighted by Crippen LogP contribution is 2.40. The van der Waals surface area contributed by atoms with Crippen molar-refractivity contribution in [2.75, 3.05) is 19.7 Å². The van der Waals surface area contributed by atoms with E-state index in [0.717, 1.165) is 12.5 Å². The first-order valence-electron chi connectivity index (χ1n) is 5.52. The lowest BCUT2D eigenvalue weighted by atomic mass is 9.76.